The highest BCUT2D eigenvalue weighted by Crippen LogP contribution is 2.27. The average Bonchev–Trinajstić information content (AvgIpc) is 1.60. The third kappa shape index (κ3) is 3.55. The summed E-state index contributed by atoms with van der Waals surface area (Å²) in [6.45, 7) is 8.96. The minimum Gasteiger partial charge on any atom is -0.181 e. The Labute approximate surface area is 71.6 Å². The van der Waals surface area contributed by atoms with Crippen molar-refractivity contribution < 1.29 is 0 Å². The van der Waals surface area contributed by atoms with Crippen LogP contribution >= 0.6 is 12.6 Å². The van der Waals surface area contributed by atoms with Gasteiger partial charge in [0.15, 0.2) is 0 Å². The summed E-state index contributed by atoms with van der Waals surface area (Å²) in [4.78, 5) is 0. The Kier molecular flexibility index (Phi) is 3.86. The monoisotopic (exact) mass is 158 g/mol. The molecule has 1 unspecified atom stereocenters. The van der Waals surface area contributed by atoms with Crippen LogP contribution in [-0.2, 0) is 0 Å². The Hall–Kier alpha value is 0.415. The van der Waals surface area contributed by atoms with E-state index in [1.807, 2.05) is 0 Å². The summed E-state index contributed by atoms with van der Waals surface area (Å²) in [5, 5.41) is 0. The first-order chi connectivity index (χ1) is 4.36. The van der Waals surface area contributed by atoms with Gasteiger partial charge in [-0.25, -0.2) is 0 Å². The molecule has 0 amide bonds. The summed E-state index contributed by atoms with van der Waals surface area (Å²) in [5.41, 5.74) is 0. The second kappa shape index (κ2) is 3.70. The lowest BCUT2D eigenvalue weighted by molar-refractivity contribution is 0.455. The first-order valence-electron chi connectivity index (χ1n) is 4.08. The van der Waals surface area contributed by atoms with Gasteiger partial charge in [-0.3, -0.25) is 0 Å². The zero-order valence-corrected chi connectivity index (χ0v) is 8.70. The molecular formula is C8H19BS. The summed E-state index contributed by atoms with van der Waals surface area (Å²) < 4.78 is 0.216. The minimum absolute atomic E-state index is 0.216. The number of hydrogen-bond donors (Lipinski definition) is 1. The Morgan fingerprint density at radius 2 is 1.70 bits per heavy atom. The van der Waals surface area contributed by atoms with Gasteiger partial charge in [0.05, 0.1) is 0 Å². The van der Waals surface area contributed by atoms with E-state index >= 15 is 0 Å². The molecule has 0 aromatic rings. The predicted octanol–water partition coefficient (Wildman–Crippen LogP) is 1.95. The van der Waals surface area contributed by atoms with Crippen molar-refractivity contribution in [3.05, 3.63) is 0 Å². The van der Waals surface area contributed by atoms with Crippen LogP contribution in [0.2, 0.25) is 0 Å². The van der Waals surface area contributed by atoms with Crippen LogP contribution in [0.4, 0.5) is 0 Å². The summed E-state index contributed by atoms with van der Waals surface area (Å²) in [6.07, 6.45) is 1.20. The molecule has 0 fully saturated rings. The zero-order valence-electron chi connectivity index (χ0n) is 7.81. The van der Waals surface area contributed by atoms with E-state index in [4.69, 9.17) is 0 Å². The maximum Gasteiger partial charge on any atom is 0.122 e. The highest BCUT2D eigenvalue weighted by molar-refractivity contribution is 7.83. The smallest absolute Gasteiger partial charge is 0.122 e. The van der Waals surface area contributed by atoms with E-state index in [2.05, 4.69) is 48.2 Å². The van der Waals surface area contributed by atoms with Crippen LogP contribution in [0.5, 0.6) is 0 Å². The van der Waals surface area contributed by atoms with Crippen LogP contribution in [0.1, 0.15) is 34.1 Å². The number of thiol groups is 1. The molecule has 0 bridgehead atoms. The van der Waals surface area contributed by atoms with Gasteiger partial charge in [-0.2, -0.15) is 12.6 Å². The standard InChI is InChI=1S/C8H19BS/c1-6(2)5-8(9,10)7(3)4/h6-7,10H,5,9H2,1-4H3. The second-order valence-electron chi connectivity index (χ2n) is 4.11. The first kappa shape index (κ1) is 10.4. The fourth-order valence-electron chi connectivity index (χ4n) is 1.06. The van der Waals surface area contributed by atoms with Crippen molar-refractivity contribution in [2.45, 2.75) is 38.8 Å². The lowest BCUT2D eigenvalue weighted by Crippen LogP contribution is -2.30. The molecule has 0 radical (unpaired) electrons. The zero-order chi connectivity index (χ0) is 8.36. The van der Waals surface area contributed by atoms with E-state index in [-0.39, 0.29) is 4.65 Å². The molecule has 0 heterocycles. The molecular weight excluding hydrogens is 139 g/mol. The molecule has 0 aliphatic heterocycles. The van der Waals surface area contributed by atoms with Gasteiger partial charge >= 0.3 is 0 Å². The molecule has 0 aromatic heterocycles. The third-order valence-corrected chi connectivity index (χ3v) is 2.76. The van der Waals surface area contributed by atoms with Gasteiger partial charge in [0.25, 0.3) is 0 Å². The molecule has 0 aromatic carbocycles. The van der Waals surface area contributed by atoms with Crippen LogP contribution in [0, 0.1) is 11.8 Å². The molecule has 0 rings (SSSR count). The Balaban J connectivity index is 3.87. The lowest BCUT2D eigenvalue weighted by Gasteiger charge is -2.30. The van der Waals surface area contributed by atoms with Gasteiger partial charge in [-0.1, -0.05) is 27.7 Å². The van der Waals surface area contributed by atoms with Gasteiger partial charge in [-0.15, -0.1) is 0 Å². The van der Waals surface area contributed by atoms with E-state index in [1.54, 1.807) is 0 Å². The molecule has 0 N–H and O–H groups in total. The fourth-order valence-corrected chi connectivity index (χ4v) is 1.43. The molecule has 1 atom stereocenters. The number of rotatable bonds is 3. The number of hydrogen-bond acceptors (Lipinski definition) is 1. The Morgan fingerprint density at radius 1 is 1.30 bits per heavy atom. The van der Waals surface area contributed by atoms with E-state index in [9.17, 15) is 0 Å². The average molecular weight is 158 g/mol. The van der Waals surface area contributed by atoms with Crippen LogP contribution in [-0.4, -0.2) is 12.5 Å². The van der Waals surface area contributed by atoms with Crippen molar-refractivity contribution in [1.29, 1.82) is 0 Å². The van der Waals surface area contributed by atoms with E-state index < -0.39 is 0 Å². The summed E-state index contributed by atoms with van der Waals surface area (Å²) >= 11 is 4.62. The van der Waals surface area contributed by atoms with Gasteiger partial charge < -0.3 is 0 Å². The van der Waals surface area contributed by atoms with Crippen molar-refractivity contribution in [2.24, 2.45) is 11.8 Å². The van der Waals surface area contributed by atoms with Crippen LogP contribution in [0.15, 0.2) is 0 Å². The molecule has 0 nitrogen and oxygen atoms in total. The highest BCUT2D eigenvalue weighted by Gasteiger charge is 2.23. The highest BCUT2D eigenvalue weighted by atomic mass is 32.1. The van der Waals surface area contributed by atoms with Crippen molar-refractivity contribution in [1.82, 2.24) is 0 Å². The van der Waals surface area contributed by atoms with Crippen LogP contribution in [0.25, 0.3) is 0 Å². The van der Waals surface area contributed by atoms with Gasteiger partial charge in [0.2, 0.25) is 0 Å². The summed E-state index contributed by atoms with van der Waals surface area (Å²) in [6, 6.07) is 0. The Bertz CT molecular complexity index is 97.4. The fraction of sp³-hybridized carbons (Fsp3) is 1.00. The van der Waals surface area contributed by atoms with Crippen LogP contribution < -0.4 is 0 Å². The van der Waals surface area contributed by atoms with Gasteiger partial charge in [0.1, 0.15) is 7.85 Å². The van der Waals surface area contributed by atoms with E-state index in [1.165, 1.54) is 6.42 Å². The third-order valence-electron chi connectivity index (χ3n) is 2.07. The van der Waals surface area contributed by atoms with Crippen LogP contribution in [0.3, 0.4) is 0 Å². The molecule has 0 aliphatic carbocycles. The lowest BCUT2D eigenvalue weighted by atomic mass is 9.72. The maximum absolute atomic E-state index is 4.62. The second-order valence-corrected chi connectivity index (χ2v) is 5.13. The van der Waals surface area contributed by atoms with Crippen molar-refractivity contribution in [3.8, 4) is 0 Å². The minimum atomic E-state index is 0.216. The van der Waals surface area contributed by atoms with E-state index in [0.717, 1.165) is 5.92 Å². The molecule has 0 aliphatic rings. The topological polar surface area (TPSA) is 0 Å². The molecule has 2 heteroatoms. The maximum atomic E-state index is 4.62. The van der Waals surface area contributed by atoms with Crippen molar-refractivity contribution in [3.63, 3.8) is 0 Å². The molecule has 60 valence electrons. The van der Waals surface area contributed by atoms with Gasteiger partial charge in [-0.05, 0) is 22.9 Å². The van der Waals surface area contributed by atoms with Crippen molar-refractivity contribution in [2.75, 3.05) is 0 Å². The summed E-state index contributed by atoms with van der Waals surface area (Å²) in [7, 11) is 2.22. The SMILES string of the molecule is BC(S)(CC(C)C)C(C)C. The first-order valence-corrected chi connectivity index (χ1v) is 4.53. The summed E-state index contributed by atoms with van der Waals surface area (Å²) in [5.74, 6) is 1.42. The quantitative estimate of drug-likeness (QED) is 0.471. The van der Waals surface area contributed by atoms with Gasteiger partial charge in [0, 0.05) is 0 Å². The normalized spacial score (nSPS) is 17.9. The Morgan fingerprint density at radius 3 is 1.80 bits per heavy atom. The molecule has 0 spiro atoms. The molecule has 0 saturated heterocycles. The molecule has 0 saturated carbocycles. The van der Waals surface area contributed by atoms with Crippen molar-refractivity contribution >= 4 is 20.5 Å². The molecule has 10 heavy (non-hydrogen) atoms. The predicted molar refractivity (Wildman–Crippen MR) is 54.6 cm³/mol. The largest absolute Gasteiger partial charge is 0.181 e. The van der Waals surface area contributed by atoms with E-state index in [0.29, 0.717) is 5.92 Å².